The van der Waals surface area contributed by atoms with Crippen molar-refractivity contribution in [1.29, 1.82) is 0 Å². The van der Waals surface area contributed by atoms with Gasteiger partial charge in [-0.15, -0.1) is 0 Å². The minimum atomic E-state index is -0.236. The second-order valence-corrected chi connectivity index (χ2v) is 4.11. The van der Waals surface area contributed by atoms with E-state index in [1.54, 1.807) is 36.4 Å². The van der Waals surface area contributed by atoms with Crippen LogP contribution in [0.3, 0.4) is 0 Å². The van der Waals surface area contributed by atoms with Crippen molar-refractivity contribution in [3.8, 4) is 0 Å². The fourth-order valence-electron chi connectivity index (χ4n) is 1.51. The normalized spacial score (nSPS) is 10.2. The van der Waals surface area contributed by atoms with Crippen LogP contribution in [0.5, 0.6) is 0 Å². The smallest absolute Gasteiger partial charge is 0.128 e. The monoisotopic (exact) mass is 250 g/mol. The van der Waals surface area contributed by atoms with Gasteiger partial charge in [0, 0.05) is 17.1 Å². The van der Waals surface area contributed by atoms with E-state index < -0.39 is 0 Å². The summed E-state index contributed by atoms with van der Waals surface area (Å²) in [6.45, 7) is 0.372. The van der Waals surface area contributed by atoms with Gasteiger partial charge in [-0.3, -0.25) is 0 Å². The van der Waals surface area contributed by atoms with Gasteiger partial charge in [-0.2, -0.15) is 0 Å². The number of nitrogen functional groups attached to an aromatic ring is 1. The first-order valence-electron chi connectivity index (χ1n) is 5.19. The number of nitrogens with two attached hydrogens (primary N) is 1. The van der Waals surface area contributed by atoms with Gasteiger partial charge >= 0.3 is 0 Å². The van der Waals surface area contributed by atoms with Gasteiger partial charge in [0.25, 0.3) is 0 Å². The minimum absolute atomic E-state index is 0.236. The molecule has 0 aliphatic rings. The minimum Gasteiger partial charge on any atom is -0.397 e. The number of benzene rings is 2. The summed E-state index contributed by atoms with van der Waals surface area (Å²) >= 11 is 5.86. The maximum absolute atomic E-state index is 13.4. The SMILES string of the molecule is Nc1ccc(Cl)cc1NCc1ccccc1F. The summed E-state index contributed by atoms with van der Waals surface area (Å²) in [5.74, 6) is -0.236. The van der Waals surface area contributed by atoms with E-state index >= 15 is 0 Å². The molecule has 2 aromatic carbocycles. The van der Waals surface area contributed by atoms with Crippen LogP contribution in [0.15, 0.2) is 42.5 Å². The van der Waals surface area contributed by atoms with E-state index in [4.69, 9.17) is 17.3 Å². The standard InChI is InChI=1S/C13H12ClFN2/c14-10-5-6-12(16)13(7-10)17-8-9-3-1-2-4-11(9)15/h1-7,17H,8,16H2. The van der Waals surface area contributed by atoms with Crippen LogP contribution in [0.1, 0.15) is 5.56 Å². The third-order valence-electron chi connectivity index (χ3n) is 2.44. The molecule has 0 spiro atoms. The van der Waals surface area contributed by atoms with Crippen LogP contribution < -0.4 is 11.1 Å². The van der Waals surface area contributed by atoms with Crippen molar-refractivity contribution in [3.05, 3.63) is 58.9 Å². The summed E-state index contributed by atoms with van der Waals surface area (Å²) in [6.07, 6.45) is 0. The van der Waals surface area contributed by atoms with Crippen molar-refractivity contribution >= 4 is 23.0 Å². The highest BCUT2D eigenvalue weighted by molar-refractivity contribution is 6.31. The highest BCUT2D eigenvalue weighted by atomic mass is 35.5. The topological polar surface area (TPSA) is 38.0 Å². The van der Waals surface area contributed by atoms with E-state index in [9.17, 15) is 4.39 Å². The lowest BCUT2D eigenvalue weighted by atomic mass is 10.2. The number of nitrogens with one attached hydrogen (secondary N) is 1. The molecule has 0 radical (unpaired) electrons. The van der Waals surface area contributed by atoms with E-state index in [0.717, 1.165) is 0 Å². The van der Waals surface area contributed by atoms with Gasteiger partial charge < -0.3 is 11.1 Å². The van der Waals surface area contributed by atoms with E-state index in [-0.39, 0.29) is 5.82 Å². The molecule has 0 atom stereocenters. The van der Waals surface area contributed by atoms with Gasteiger partial charge in [-0.25, -0.2) is 4.39 Å². The zero-order chi connectivity index (χ0) is 12.3. The lowest BCUT2D eigenvalue weighted by molar-refractivity contribution is 0.613. The lowest BCUT2D eigenvalue weighted by Gasteiger charge is -2.10. The molecule has 2 nitrogen and oxygen atoms in total. The third-order valence-corrected chi connectivity index (χ3v) is 2.68. The molecule has 0 unspecified atom stereocenters. The van der Waals surface area contributed by atoms with Gasteiger partial charge in [0.2, 0.25) is 0 Å². The van der Waals surface area contributed by atoms with Crippen molar-refractivity contribution in [2.24, 2.45) is 0 Å². The van der Waals surface area contributed by atoms with Crippen molar-refractivity contribution in [2.75, 3.05) is 11.1 Å². The van der Waals surface area contributed by atoms with Gasteiger partial charge in [-0.1, -0.05) is 29.8 Å². The van der Waals surface area contributed by atoms with Crippen LogP contribution in [-0.2, 0) is 6.54 Å². The summed E-state index contributed by atoms with van der Waals surface area (Å²) in [5.41, 5.74) is 7.66. The Bertz CT molecular complexity index is 529. The first kappa shape index (κ1) is 11.7. The predicted molar refractivity (Wildman–Crippen MR) is 69.6 cm³/mol. The first-order valence-corrected chi connectivity index (χ1v) is 5.57. The highest BCUT2D eigenvalue weighted by Gasteiger charge is 2.03. The summed E-state index contributed by atoms with van der Waals surface area (Å²) in [7, 11) is 0. The zero-order valence-corrected chi connectivity index (χ0v) is 9.84. The molecule has 88 valence electrons. The summed E-state index contributed by atoms with van der Waals surface area (Å²) in [4.78, 5) is 0. The fourth-order valence-corrected chi connectivity index (χ4v) is 1.69. The van der Waals surface area contributed by atoms with E-state index in [2.05, 4.69) is 5.32 Å². The highest BCUT2D eigenvalue weighted by Crippen LogP contribution is 2.23. The van der Waals surface area contributed by atoms with Crippen LogP contribution in [0.25, 0.3) is 0 Å². The number of hydrogen-bond acceptors (Lipinski definition) is 2. The van der Waals surface area contributed by atoms with Gasteiger partial charge in [-0.05, 0) is 24.3 Å². The van der Waals surface area contributed by atoms with Crippen molar-refractivity contribution in [2.45, 2.75) is 6.54 Å². The summed E-state index contributed by atoms with van der Waals surface area (Å²) in [5, 5.41) is 3.65. The van der Waals surface area contributed by atoms with Crippen LogP contribution >= 0.6 is 11.6 Å². The van der Waals surface area contributed by atoms with E-state index in [1.165, 1.54) is 6.07 Å². The molecule has 0 amide bonds. The Balaban J connectivity index is 2.12. The molecule has 0 aromatic heterocycles. The molecule has 17 heavy (non-hydrogen) atoms. The Morgan fingerprint density at radius 1 is 1.18 bits per heavy atom. The van der Waals surface area contributed by atoms with Crippen molar-refractivity contribution < 1.29 is 4.39 Å². The van der Waals surface area contributed by atoms with Crippen LogP contribution in [0, 0.1) is 5.82 Å². The molecular formula is C13H12ClFN2. The summed E-state index contributed by atoms with van der Waals surface area (Å²) in [6, 6.07) is 11.8. The Morgan fingerprint density at radius 3 is 2.71 bits per heavy atom. The number of hydrogen-bond donors (Lipinski definition) is 2. The van der Waals surface area contributed by atoms with Crippen LogP contribution in [0.4, 0.5) is 15.8 Å². The predicted octanol–water partition coefficient (Wildman–Crippen LogP) is 3.67. The molecule has 0 saturated heterocycles. The van der Waals surface area contributed by atoms with E-state index in [1.807, 2.05) is 0 Å². The Labute approximate surface area is 104 Å². The number of halogens is 2. The van der Waals surface area contributed by atoms with Gasteiger partial charge in [0.15, 0.2) is 0 Å². The largest absolute Gasteiger partial charge is 0.397 e. The van der Waals surface area contributed by atoms with E-state index in [0.29, 0.717) is 28.5 Å². The van der Waals surface area contributed by atoms with Gasteiger partial charge in [0.1, 0.15) is 5.82 Å². The third kappa shape index (κ3) is 2.88. The molecule has 2 rings (SSSR count). The Kier molecular flexibility index (Phi) is 3.49. The van der Waals surface area contributed by atoms with Crippen molar-refractivity contribution in [1.82, 2.24) is 0 Å². The average Bonchev–Trinajstić information content (AvgIpc) is 2.32. The molecule has 0 heterocycles. The number of rotatable bonds is 3. The molecule has 0 bridgehead atoms. The van der Waals surface area contributed by atoms with Gasteiger partial charge in [0.05, 0.1) is 11.4 Å². The molecule has 2 aromatic rings. The Morgan fingerprint density at radius 2 is 1.94 bits per heavy atom. The summed E-state index contributed by atoms with van der Waals surface area (Å²) < 4.78 is 13.4. The molecule has 4 heteroatoms. The maximum atomic E-state index is 13.4. The fraction of sp³-hybridized carbons (Fsp3) is 0.0769. The molecule has 0 aliphatic heterocycles. The second kappa shape index (κ2) is 5.06. The lowest BCUT2D eigenvalue weighted by Crippen LogP contribution is -2.03. The molecule has 0 saturated carbocycles. The molecule has 0 fully saturated rings. The number of anilines is 2. The van der Waals surface area contributed by atoms with Crippen LogP contribution in [-0.4, -0.2) is 0 Å². The molecule has 3 N–H and O–H groups in total. The molecular weight excluding hydrogens is 239 g/mol. The molecule has 0 aliphatic carbocycles. The average molecular weight is 251 g/mol. The quantitative estimate of drug-likeness (QED) is 0.816. The second-order valence-electron chi connectivity index (χ2n) is 3.68. The Hall–Kier alpha value is -1.74. The van der Waals surface area contributed by atoms with Crippen LogP contribution in [0.2, 0.25) is 5.02 Å². The maximum Gasteiger partial charge on any atom is 0.128 e. The first-order chi connectivity index (χ1) is 8.16. The zero-order valence-electron chi connectivity index (χ0n) is 9.08. The van der Waals surface area contributed by atoms with Crippen molar-refractivity contribution in [3.63, 3.8) is 0 Å².